The van der Waals surface area contributed by atoms with Gasteiger partial charge in [-0.25, -0.2) is 0 Å². The van der Waals surface area contributed by atoms with Gasteiger partial charge in [0, 0.05) is 39.1 Å². The maximum absolute atomic E-state index is 6.03. The number of rotatable bonds is 4. The van der Waals surface area contributed by atoms with E-state index in [0.717, 1.165) is 19.6 Å². The molecule has 0 spiro atoms. The lowest BCUT2D eigenvalue weighted by molar-refractivity contribution is 0.635. The summed E-state index contributed by atoms with van der Waals surface area (Å²) in [6.45, 7) is 3.77. The number of anilines is 2. The zero-order valence-electron chi connectivity index (χ0n) is 12.6. The summed E-state index contributed by atoms with van der Waals surface area (Å²) in [5.41, 5.74) is 9.99. The highest BCUT2D eigenvalue weighted by molar-refractivity contribution is 5.73. The molecule has 110 valence electrons. The van der Waals surface area contributed by atoms with E-state index in [4.69, 9.17) is 5.73 Å². The molecule has 3 heteroatoms. The van der Waals surface area contributed by atoms with Gasteiger partial charge in [0.15, 0.2) is 0 Å². The Morgan fingerprint density at radius 3 is 2.33 bits per heavy atom. The molecule has 0 fully saturated rings. The second kappa shape index (κ2) is 6.19. The minimum atomic E-state index is 0.377. The molecule has 2 aromatic carbocycles. The fraction of sp³-hybridized carbons (Fsp3) is 0.333. The first-order chi connectivity index (χ1) is 10.3. The predicted octanol–water partition coefficient (Wildman–Crippen LogP) is 2.69. The Morgan fingerprint density at radius 1 is 0.952 bits per heavy atom. The van der Waals surface area contributed by atoms with E-state index in [1.165, 1.54) is 16.9 Å². The average Bonchev–Trinajstić information content (AvgIpc) is 2.55. The summed E-state index contributed by atoms with van der Waals surface area (Å²) in [5.74, 6) is 0.377. The van der Waals surface area contributed by atoms with Crippen molar-refractivity contribution in [2.24, 2.45) is 5.73 Å². The summed E-state index contributed by atoms with van der Waals surface area (Å²) >= 11 is 0. The summed E-state index contributed by atoms with van der Waals surface area (Å²) in [4.78, 5) is 4.80. The number of hydrogen-bond acceptors (Lipinski definition) is 3. The van der Waals surface area contributed by atoms with Crippen LogP contribution in [-0.4, -0.2) is 33.2 Å². The Bertz CT molecular complexity index is 582. The van der Waals surface area contributed by atoms with Crippen LogP contribution in [-0.2, 0) is 0 Å². The van der Waals surface area contributed by atoms with Crippen LogP contribution < -0.4 is 15.5 Å². The average molecular weight is 281 g/mol. The van der Waals surface area contributed by atoms with Crippen LogP contribution in [0.5, 0.6) is 0 Å². The van der Waals surface area contributed by atoms with Gasteiger partial charge in [0.05, 0.1) is 11.4 Å². The molecule has 0 radical (unpaired) electrons. The molecule has 0 aliphatic carbocycles. The topological polar surface area (TPSA) is 32.5 Å². The number of nitrogens with zero attached hydrogens (tertiary/aromatic N) is 2. The summed E-state index contributed by atoms with van der Waals surface area (Å²) in [5, 5.41) is 0. The minimum absolute atomic E-state index is 0.377. The fourth-order valence-corrected chi connectivity index (χ4v) is 3.06. The lowest BCUT2D eigenvalue weighted by Gasteiger charge is -2.38. The van der Waals surface area contributed by atoms with Gasteiger partial charge < -0.3 is 15.5 Å². The van der Waals surface area contributed by atoms with Crippen molar-refractivity contribution in [3.05, 3.63) is 60.2 Å². The van der Waals surface area contributed by atoms with Gasteiger partial charge in [0.25, 0.3) is 0 Å². The monoisotopic (exact) mass is 281 g/mol. The number of benzene rings is 2. The zero-order chi connectivity index (χ0) is 14.7. The first-order valence-electron chi connectivity index (χ1n) is 7.59. The summed E-state index contributed by atoms with van der Waals surface area (Å²) < 4.78 is 0. The molecule has 1 unspecified atom stereocenters. The van der Waals surface area contributed by atoms with Crippen molar-refractivity contribution < 1.29 is 0 Å². The van der Waals surface area contributed by atoms with Crippen molar-refractivity contribution in [1.29, 1.82) is 0 Å². The number of fused-ring (bicyclic) bond motifs is 1. The number of likely N-dealkylation sites (N-methyl/N-ethyl adjacent to an activating group) is 1. The van der Waals surface area contributed by atoms with E-state index in [1.807, 2.05) is 0 Å². The van der Waals surface area contributed by atoms with Crippen molar-refractivity contribution in [2.75, 3.05) is 43.0 Å². The van der Waals surface area contributed by atoms with Crippen molar-refractivity contribution in [3.63, 3.8) is 0 Å². The first-order valence-corrected chi connectivity index (χ1v) is 7.59. The van der Waals surface area contributed by atoms with Crippen LogP contribution in [0.3, 0.4) is 0 Å². The molecule has 1 aliphatic heterocycles. The van der Waals surface area contributed by atoms with Gasteiger partial charge in [0.1, 0.15) is 0 Å². The van der Waals surface area contributed by atoms with Crippen molar-refractivity contribution in [3.8, 4) is 0 Å². The number of para-hydroxylation sites is 2. The van der Waals surface area contributed by atoms with Gasteiger partial charge in [-0.2, -0.15) is 0 Å². The van der Waals surface area contributed by atoms with Crippen LogP contribution >= 0.6 is 0 Å². The number of nitrogens with two attached hydrogens (primary N) is 1. The SMILES string of the molecule is CN1CCN(CC(CN)c2ccccc2)c2ccccc21. The molecule has 0 saturated carbocycles. The zero-order valence-corrected chi connectivity index (χ0v) is 12.6. The molecular formula is C18H23N3. The van der Waals surface area contributed by atoms with E-state index < -0.39 is 0 Å². The second-order valence-corrected chi connectivity index (χ2v) is 5.70. The van der Waals surface area contributed by atoms with E-state index in [1.54, 1.807) is 0 Å². The fourth-order valence-electron chi connectivity index (χ4n) is 3.06. The lowest BCUT2D eigenvalue weighted by atomic mass is 9.98. The maximum Gasteiger partial charge on any atom is 0.0604 e. The summed E-state index contributed by atoms with van der Waals surface area (Å²) in [6, 6.07) is 19.2. The molecule has 3 rings (SSSR count). The van der Waals surface area contributed by atoms with Gasteiger partial charge in [-0.1, -0.05) is 42.5 Å². The standard InChI is InChI=1S/C18H23N3/c1-20-11-12-21(18-10-6-5-9-17(18)20)14-16(13-19)15-7-3-2-4-8-15/h2-10,16H,11-14,19H2,1H3. The highest BCUT2D eigenvalue weighted by Gasteiger charge is 2.22. The van der Waals surface area contributed by atoms with Crippen molar-refractivity contribution in [2.45, 2.75) is 5.92 Å². The van der Waals surface area contributed by atoms with Crippen molar-refractivity contribution >= 4 is 11.4 Å². The summed E-state index contributed by atoms with van der Waals surface area (Å²) in [6.07, 6.45) is 0. The van der Waals surface area contributed by atoms with Gasteiger partial charge >= 0.3 is 0 Å². The van der Waals surface area contributed by atoms with Gasteiger partial charge in [-0.15, -0.1) is 0 Å². The van der Waals surface area contributed by atoms with Crippen LogP contribution in [0.2, 0.25) is 0 Å². The molecule has 1 atom stereocenters. The molecular weight excluding hydrogens is 258 g/mol. The smallest absolute Gasteiger partial charge is 0.0604 e. The largest absolute Gasteiger partial charge is 0.371 e. The van der Waals surface area contributed by atoms with Crippen molar-refractivity contribution in [1.82, 2.24) is 0 Å². The van der Waals surface area contributed by atoms with Crippen LogP contribution in [0.4, 0.5) is 11.4 Å². The third kappa shape index (κ3) is 2.88. The third-order valence-corrected chi connectivity index (χ3v) is 4.34. The van der Waals surface area contributed by atoms with Gasteiger partial charge in [-0.05, 0) is 17.7 Å². The van der Waals surface area contributed by atoms with Crippen LogP contribution in [0.15, 0.2) is 54.6 Å². The van der Waals surface area contributed by atoms with Gasteiger partial charge in [0.2, 0.25) is 0 Å². The second-order valence-electron chi connectivity index (χ2n) is 5.70. The molecule has 2 aromatic rings. The van der Waals surface area contributed by atoms with Crippen LogP contribution in [0, 0.1) is 0 Å². The summed E-state index contributed by atoms with van der Waals surface area (Å²) in [7, 11) is 2.16. The molecule has 0 amide bonds. The van der Waals surface area contributed by atoms with Crippen LogP contribution in [0.1, 0.15) is 11.5 Å². The van der Waals surface area contributed by atoms with Gasteiger partial charge in [-0.3, -0.25) is 0 Å². The Labute approximate surface area is 127 Å². The highest BCUT2D eigenvalue weighted by Crippen LogP contribution is 2.33. The Hall–Kier alpha value is -2.00. The Morgan fingerprint density at radius 2 is 1.62 bits per heavy atom. The van der Waals surface area contributed by atoms with E-state index in [2.05, 4.69) is 71.4 Å². The minimum Gasteiger partial charge on any atom is -0.371 e. The normalized spacial score (nSPS) is 15.7. The van der Waals surface area contributed by atoms with E-state index >= 15 is 0 Å². The third-order valence-electron chi connectivity index (χ3n) is 4.34. The quantitative estimate of drug-likeness (QED) is 0.935. The molecule has 0 saturated heterocycles. The molecule has 1 heterocycles. The Balaban J connectivity index is 1.83. The number of hydrogen-bond donors (Lipinski definition) is 1. The maximum atomic E-state index is 6.03. The Kier molecular flexibility index (Phi) is 4.11. The molecule has 0 aromatic heterocycles. The van der Waals surface area contributed by atoms with E-state index in [0.29, 0.717) is 12.5 Å². The molecule has 21 heavy (non-hydrogen) atoms. The lowest BCUT2D eigenvalue weighted by Crippen LogP contribution is -2.42. The molecule has 2 N–H and O–H groups in total. The first kappa shape index (κ1) is 14.0. The molecule has 0 bridgehead atoms. The predicted molar refractivity (Wildman–Crippen MR) is 90.2 cm³/mol. The highest BCUT2D eigenvalue weighted by atomic mass is 15.2. The van der Waals surface area contributed by atoms with Crippen LogP contribution in [0.25, 0.3) is 0 Å². The molecule has 1 aliphatic rings. The van der Waals surface area contributed by atoms with E-state index in [9.17, 15) is 0 Å². The van der Waals surface area contributed by atoms with E-state index in [-0.39, 0.29) is 0 Å². The molecule has 3 nitrogen and oxygen atoms in total.